The molecule has 3 rings (SSSR count). The van der Waals surface area contributed by atoms with Gasteiger partial charge in [-0.05, 0) is 30.2 Å². The molecular weight excluding hydrogens is 312 g/mol. The van der Waals surface area contributed by atoms with E-state index < -0.39 is 0 Å². The fourth-order valence-corrected chi connectivity index (χ4v) is 2.56. The minimum Gasteiger partial charge on any atom is -0.443 e. The van der Waals surface area contributed by atoms with Gasteiger partial charge in [0.25, 0.3) is 5.91 Å². The van der Waals surface area contributed by atoms with Crippen LogP contribution in [0.3, 0.4) is 0 Å². The summed E-state index contributed by atoms with van der Waals surface area (Å²) in [6.07, 6.45) is 2.09. The highest BCUT2D eigenvalue weighted by Crippen LogP contribution is 2.26. The average molecular weight is 327 g/mol. The summed E-state index contributed by atoms with van der Waals surface area (Å²) in [5, 5.41) is 3.47. The van der Waals surface area contributed by atoms with E-state index in [0.29, 0.717) is 16.3 Å². The molecule has 0 fully saturated rings. The molecule has 1 heterocycles. The molecule has 23 heavy (non-hydrogen) atoms. The molecule has 0 unspecified atom stereocenters. The van der Waals surface area contributed by atoms with Crippen LogP contribution in [0.4, 0.5) is 5.69 Å². The summed E-state index contributed by atoms with van der Waals surface area (Å²) in [7, 11) is 0. The molecule has 0 atom stereocenters. The molecule has 0 radical (unpaired) electrons. The van der Waals surface area contributed by atoms with E-state index in [-0.39, 0.29) is 11.6 Å². The Kier molecular flexibility index (Phi) is 4.44. The van der Waals surface area contributed by atoms with E-state index >= 15 is 0 Å². The number of hydrogen-bond donors (Lipinski definition) is 1. The minimum absolute atomic E-state index is 0.234. The van der Waals surface area contributed by atoms with E-state index in [1.54, 1.807) is 18.2 Å². The summed E-state index contributed by atoms with van der Waals surface area (Å²) in [5.74, 6) is 0.0913. The van der Waals surface area contributed by atoms with Crippen LogP contribution in [-0.2, 0) is 6.42 Å². The van der Waals surface area contributed by atoms with Crippen LogP contribution in [0.15, 0.2) is 59.3 Å². The zero-order valence-corrected chi connectivity index (χ0v) is 13.3. The van der Waals surface area contributed by atoms with Crippen molar-refractivity contribution in [2.24, 2.45) is 0 Å². The van der Waals surface area contributed by atoms with Crippen molar-refractivity contribution in [2.45, 2.75) is 13.3 Å². The molecule has 1 N–H and O–H groups in total. The van der Waals surface area contributed by atoms with Crippen LogP contribution in [0.1, 0.15) is 23.0 Å². The lowest BCUT2D eigenvalue weighted by molar-refractivity contribution is 0.102. The summed E-state index contributed by atoms with van der Waals surface area (Å²) in [4.78, 5) is 16.6. The number of aryl methyl sites for hydroxylation is 1. The van der Waals surface area contributed by atoms with Gasteiger partial charge in [-0.1, -0.05) is 48.9 Å². The monoisotopic (exact) mass is 326 g/mol. The summed E-state index contributed by atoms with van der Waals surface area (Å²) in [6, 6.07) is 14.8. The number of halogens is 1. The lowest BCUT2D eigenvalue weighted by atomic mass is 10.1. The van der Waals surface area contributed by atoms with Gasteiger partial charge in [0.05, 0.1) is 0 Å². The van der Waals surface area contributed by atoms with Gasteiger partial charge in [-0.3, -0.25) is 4.79 Å². The van der Waals surface area contributed by atoms with Crippen LogP contribution in [-0.4, -0.2) is 10.9 Å². The number of amides is 1. The number of oxazole rings is 1. The van der Waals surface area contributed by atoms with Crippen LogP contribution in [0, 0.1) is 0 Å². The van der Waals surface area contributed by atoms with E-state index in [1.165, 1.54) is 6.39 Å². The van der Waals surface area contributed by atoms with Gasteiger partial charge < -0.3 is 9.73 Å². The Bertz CT molecular complexity index is 842. The van der Waals surface area contributed by atoms with Crippen LogP contribution in [0.25, 0.3) is 11.3 Å². The van der Waals surface area contributed by atoms with Crippen molar-refractivity contribution in [3.8, 4) is 11.3 Å². The first-order chi connectivity index (χ1) is 11.2. The summed E-state index contributed by atoms with van der Waals surface area (Å²) < 4.78 is 5.39. The third-order valence-electron chi connectivity index (χ3n) is 3.52. The van der Waals surface area contributed by atoms with Gasteiger partial charge in [-0.2, -0.15) is 0 Å². The molecule has 116 valence electrons. The smallest absolute Gasteiger partial charge is 0.278 e. The molecule has 0 saturated carbocycles. The van der Waals surface area contributed by atoms with Gasteiger partial charge in [-0.15, -0.1) is 0 Å². The number of carbonyl (C=O) groups is 1. The van der Waals surface area contributed by atoms with Gasteiger partial charge in [-0.25, -0.2) is 4.98 Å². The van der Waals surface area contributed by atoms with Crippen molar-refractivity contribution in [2.75, 3.05) is 5.32 Å². The maximum absolute atomic E-state index is 12.6. The van der Waals surface area contributed by atoms with Crippen LogP contribution >= 0.6 is 11.6 Å². The molecule has 0 aliphatic heterocycles. The van der Waals surface area contributed by atoms with Crippen LogP contribution in [0.2, 0.25) is 5.02 Å². The molecule has 0 aliphatic carbocycles. The lowest BCUT2D eigenvalue weighted by Crippen LogP contribution is -2.14. The first-order valence-corrected chi connectivity index (χ1v) is 7.65. The highest BCUT2D eigenvalue weighted by Gasteiger charge is 2.19. The van der Waals surface area contributed by atoms with Gasteiger partial charge in [0, 0.05) is 16.3 Å². The standard InChI is InChI=1S/C18H15ClN2O2/c1-2-12-6-3-4-9-15(12)21-18(22)16-17(23-11-20-16)13-7-5-8-14(19)10-13/h3-11H,2H2,1H3,(H,21,22). The molecule has 3 aromatic rings. The van der Waals surface area contributed by atoms with E-state index in [4.69, 9.17) is 16.0 Å². The predicted octanol–water partition coefficient (Wildman–Crippen LogP) is 4.81. The molecule has 0 aliphatic rings. The van der Waals surface area contributed by atoms with E-state index in [9.17, 15) is 4.79 Å². The van der Waals surface area contributed by atoms with Gasteiger partial charge in [0.1, 0.15) is 0 Å². The molecule has 2 aromatic carbocycles. The summed E-state index contributed by atoms with van der Waals surface area (Å²) >= 11 is 6.00. The number of nitrogens with one attached hydrogen (secondary N) is 1. The molecule has 0 saturated heterocycles. The van der Waals surface area contributed by atoms with Crippen molar-refractivity contribution in [3.05, 3.63) is 71.2 Å². The van der Waals surface area contributed by atoms with E-state index in [2.05, 4.69) is 10.3 Å². The van der Waals surface area contributed by atoms with E-state index in [0.717, 1.165) is 17.7 Å². The molecule has 1 amide bonds. The molecule has 0 spiro atoms. The maximum Gasteiger partial charge on any atom is 0.278 e. The van der Waals surface area contributed by atoms with Crippen molar-refractivity contribution in [1.29, 1.82) is 0 Å². The highest BCUT2D eigenvalue weighted by molar-refractivity contribution is 6.30. The third-order valence-corrected chi connectivity index (χ3v) is 3.75. The normalized spacial score (nSPS) is 10.5. The number of nitrogens with zero attached hydrogens (tertiary/aromatic N) is 1. The van der Waals surface area contributed by atoms with Crippen molar-refractivity contribution in [1.82, 2.24) is 4.98 Å². The zero-order chi connectivity index (χ0) is 16.2. The second-order valence-electron chi connectivity index (χ2n) is 5.01. The predicted molar refractivity (Wildman–Crippen MR) is 90.7 cm³/mol. The Morgan fingerprint density at radius 2 is 2.04 bits per heavy atom. The highest BCUT2D eigenvalue weighted by atomic mass is 35.5. The van der Waals surface area contributed by atoms with Gasteiger partial charge in [0.15, 0.2) is 17.8 Å². The Balaban J connectivity index is 1.91. The maximum atomic E-state index is 12.6. The second-order valence-corrected chi connectivity index (χ2v) is 5.44. The van der Waals surface area contributed by atoms with Crippen molar-refractivity contribution >= 4 is 23.2 Å². The van der Waals surface area contributed by atoms with Crippen LogP contribution < -0.4 is 5.32 Å². The molecule has 4 nitrogen and oxygen atoms in total. The molecule has 1 aromatic heterocycles. The number of rotatable bonds is 4. The summed E-state index contributed by atoms with van der Waals surface area (Å²) in [6.45, 7) is 2.04. The quantitative estimate of drug-likeness (QED) is 0.748. The Labute approximate surface area is 139 Å². The summed E-state index contributed by atoms with van der Waals surface area (Å²) in [5.41, 5.74) is 2.79. The van der Waals surface area contributed by atoms with Crippen molar-refractivity contribution < 1.29 is 9.21 Å². The van der Waals surface area contributed by atoms with E-state index in [1.807, 2.05) is 37.3 Å². The number of anilines is 1. The van der Waals surface area contributed by atoms with Crippen molar-refractivity contribution in [3.63, 3.8) is 0 Å². The fraction of sp³-hybridized carbons (Fsp3) is 0.111. The second kappa shape index (κ2) is 6.67. The first kappa shape index (κ1) is 15.3. The number of benzene rings is 2. The third kappa shape index (κ3) is 3.27. The minimum atomic E-state index is -0.311. The Hall–Kier alpha value is -2.59. The number of hydrogen-bond acceptors (Lipinski definition) is 3. The van der Waals surface area contributed by atoms with Gasteiger partial charge >= 0.3 is 0 Å². The van der Waals surface area contributed by atoms with Crippen LogP contribution in [0.5, 0.6) is 0 Å². The zero-order valence-electron chi connectivity index (χ0n) is 12.5. The number of aromatic nitrogens is 1. The molecule has 0 bridgehead atoms. The number of carbonyl (C=O) groups excluding carboxylic acids is 1. The molecular formula is C18H15ClN2O2. The fourth-order valence-electron chi connectivity index (χ4n) is 2.37. The Morgan fingerprint density at radius 3 is 2.83 bits per heavy atom. The average Bonchev–Trinajstić information content (AvgIpc) is 3.05. The molecule has 5 heteroatoms. The lowest BCUT2D eigenvalue weighted by Gasteiger charge is -2.09. The Morgan fingerprint density at radius 1 is 1.22 bits per heavy atom. The first-order valence-electron chi connectivity index (χ1n) is 7.27. The number of para-hydroxylation sites is 1. The topological polar surface area (TPSA) is 55.1 Å². The largest absolute Gasteiger partial charge is 0.443 e. The van der Waals surface area contributed by atoms with Gasteiger partial charge in [0.2, 0.25) is 0 Å². The SMILES string of the molecule is CCc1ccccc1NC(=O)c1ncoc1-c1cccc(Cl)c1.